The lowest BCUT2D eigenvalue weighted by molar-refractivity contribution is -0.136. The first-order valence-electron chi connectivity index (χ1n) is 8.51. The molecule has 0 aromatic heterocycles. The minimum atomic E-state index is -0.805. The molecule has 0 fully saturated rings. The van der Waals surface area contributed by atoms with E-state index in [0.717, 1.165) is 6.07 Å². The SMILES string of the molecule is CCOC(=O)c1cc(OC(=O)COc2cccc(F)c2)cc(C(=O)OCC)c1. The maximum Gasteiger partial charge on any atom is 0.349 e. The van der Waals surface area contributed by atoms with Crippen LogP contribution >= 0.6 is 0 Å². The Morgan fingerprint density at radius 3 is 2.00 bits per heavy atom. The highest BCUT2D eigenvalue weighted by Gasteiger charge is 2.17. The van der Waals surface area contributed by atoms with Crippen molar-refractivity contribution in [2.24, 2.45) is 0 Å². The van der Waals surface area contributed by atoms with Gasteiger partial charge in [-0.15, -0.1) is 0 Å². The van der Waals surface area contributed by atoms with E-state index < -0.39 is 30.3 Å². The number of rotatable bonds is 8. The molecular formula is C20H19FO7. The zero-order chi connectivity index (χ0) is 20.5. The Morgan fingerprint density at radius 1 is 0.857 bits per heavy atom. The van der Waals surface area contributed by atoms with Crippen LogP contribution in [-0.2, 0) is 14.3 Å². The summed E-state index contributed by atoms with van der Waals surface area (Å²) in [6.45, 7) is 3.05. The fourth-order valence-electron chi connectivity index (χ4n) is 2.18. The van der Waals surface area contributed by atoms with Gasteiger partial charge in [0.1, 0.15) is 17.3 Å². The van der Waals surface area contributed by atoms with E-state index in [4.69, 9.17) is 18.9 Å². The molecule has 0 aliphatic heterocycles. The van der Waals surface area contributed by atoms with Gasteiger partial charge in [-0.2, -0.15) is 0 Å². The van der Waals surface area contributed by atoms with Gasteiger partial charge in [-0.25, -0.2) is 18.8 Å². The molecule has 0 atom stereocenters. The number of esters is 3. The molecule has 0 amide bonds. The van der Waals surface area contributed by atoms with Gasteiger partial charge >= 0.3 is 17.9 Å². The van der Waals surface area contributed by atoms with E-state index in [1.54, 1.807) is 13.8 Å². The smallest absolute Gasteiger partial charge is 0.349 e. The molecule has 8 heteroatoms. The van der Waals surface area contributed by atoms with Crippen LogP contribution in [0.3, 0.4) is 0 Å². The summed E-state index contributed by atoms with van der Waals surface area (Å²) in [7, 11) is 0. The third-order valence-electron chi connectivity index (χ3n) is 3.31. The van der Waals surface area contributed by atoms with E-state index in [1.807, 2.05) is 0 Å². The van der Waals surface area contributed by atoms with Gasteiger partial charge in [-0.05, 0) is 44.2 Å². The number of hydrogen-bond donors (Lipinski definition) is 0. The van der Waals surface area contributed by atoms with Crippen molar-refractivity contribution in [1.29, 1.82) is 0 Å². The topological polar surface area (TPSA) is 88.1 Å². The van der Waals surface area contributed by atoms with Gasteiger partial charge in [0.15, 0.2) is 6.61 Å². The summed E-state index contributed by atoms with van der Waals surface area (Å²) in [6, 6.07) is 9.09. The van der Waals surface area contributed by atoms with Gasteiger partial charge in [-0.3, -0.25) is 0 Å². The molecule has 7 nitrogen and oxygen atoms in total. The largest absolute Gasteiger partial charge is 0.482 e. The second-order valence-corrected chi connectivity index (χ2v) is 5.41. The van der Waals surface area contributed by atoms with Crippen LogP contribution in [0, 0.1) is 5.82 Å². The molecule has 2 aromatic rings. The highest BCUT2D eigenvalue weighted by atomic mass is 19.1. The lowest BCUT2D eigenvalue weighted by Gasteiger charge is -2.10. The van der Waals surface area contributed by atoms with Crippen molar-refractivity contribution in [2.75, 3.05) is 19.8 Å². The first kappa shape index (κ1) is 20.9. The third-order valence-corrected chi connectivity index (χ3v) is 3.31. The van der Waals surface area contributed by atoms with Gasteiger partial charge in [0, 0.05) is 6.07 Å². The predicted octanol–water partition coefficient (Wildman–Crippen LogP) is 3.16. The number of hydrogen-bond acceptors (Lipinski definition) is 7. The van der Waals surface area contributed by atoms with Crippen LogP contribution in [0.1, 0.15) is 34.6 Å². The normalized spacial score (nSPS) is 10.1. The Bertz CT molecular complexity index is 827. The Kier molecular flexibility index (Phi) is 7.50. The van der Waals surface area contributed by atoms with E-state index in [0.29, 0.717) is 0 Å². The monoisotopic (exact) mass is 390 g/mol. The first-order valence-corrected chi connectivity index (χ1v) is 8.51. The lowest BCUT2D eigenvalue weighted by atomic mass is 10.1. The third kappa shape index (κ3) is 6.08. The molecule has 0 saturated heterocycles. The zero-order valence-corrected chi connectivity index (χ0v) is 15.4. The summed E-state index contributed by atoms with van der Waals surface area (Å²) >= 11 is 0. The number of carbonyl (C=O) groups excluding carboxylic acids is 3. The average molecular weight is 390 g/mol. The molecule has 0 radical (unpaired) electrons. The highest BCUT2D eigenvalue weighted by molar-refractivity contribution is 5.96. The molecule has 0 aliphatic carbocycles. The van der Waals surface area contributed by atoms with Crippen molar-refractivity contribution in [2.45, 2.75) is 13.8 Å². The predicted molar refractivity (Wildman–Crippen MR) is 95.9 cm³/mol. The van der Waals surface area contributed by atoms with Crippen molar-refractivity contribution in [1.82, 2.24) is 0 Å². The van der Waals surface area contributed by atoms with Crippen molar-refractivity contribution in [3.05, 3.63) is 59.4 Å². The van der Waals surface area contributed by atoms with Crippen LogP contribution in [-0.4, -0.2) is 37.7 Å². The van der Waals surface area contributed by atoms with Crippen LogP contribution in [0.4, 0.5) is 4.39 Å². The molecule has 28 heavy (non-hydrogen) atoms. The molecule has 148 valence electrons. The van der Waals surface area contributed by atoms with Gasteiger partial charge in [0.25, 0.3) is 0 Å². The summed E-state index contributed by atoms with van der Waals surface area (Å²) in [6.07, 6.45) is 0. The van der Waals surface area contributed by atoms with Crippen LogP contribution < -0.4 is 9.47 Å². The quantitative estimate of drug-likeness (QED) is 0.505. The minimum Gasteiger partial charge on any atom is -0.482 e. The molecule has 0 saturated carbocycles. The molecule has 0 heterocycles. The molecule has 0 bridgehead atoms. The van der Waals surface area contributed by atoms with Crippen LogP contribution in [0.15, 0.2) is 42.5 Å². The minimum absolute atomic E-state index is 0.0289. The summed E-state index contributed by atoms with van der Waals surface area (Å²) < 4.78 is 33.2. The second-order valence-electron chi connectivity index (χ2n) is 5.41. The Labute approximate surface area is 161 Å². The van der Waals surface area contributed by atoms with Crippen LogP contribution in [0.2, 0.25) is 0 Å². The maximum atomic E-state index is 13.1. The molecule has 0 aliphatic rings. The van der Waals surface area contributed by atoms with E-state index in [2.05, 4.69) is 0 Å². The highest BCUT2D eigenvalue weighted by Crippen LogP contribution is 2.20. The van der Waals surface area contributed by atoms with Gasteiger partial charge in [0.2, 0.25) is 0 Å². The first-order chi connectivity index (χ1) is 13.4. The fourth-order valence-corrected chi connectivity index (χ4v) is 2.18. The van der Waals surface area contributed by atoms with Gasteiger partial charge in [-0.1, -0.05) is 6.07 Å². The number of halogens is 1. The second kappa shape index (κ2) is 10.1. The Morgan fingerprint density at radius 2 is 1.46 bits per heavy atom. The number of ether oxygens (including phenoxy) is 4. The molecule has 2 rings (SSSR count). The molecular weight excluding hydrogens is 371 g/mol. The zero-order valence-electron chi connectivity index (χ0n) is 15.4. The Balaban J connectivity index is 2.14. The molecule has 2 aromatic carbocycles. The van der Waals surface area contributed by atoms with Gasteiger partial charge in [0.05, 0.1) is 24.3 Å². The van der Waals surface area contributed by atoms with E-state index in [1.165, 1.54) is 36.4 Å². The molecule has 0 spiro atoms. The number of benzene rings is 2. The maximum absolute atomic E-state index is 13.1. The van der Waals surface area contributed by atoms with Crippen molar-refractivity contribution in [3.8, 4) is 11.5 Å². The van der Waals surface area contributed by atoms with Crippen LogP contribution in [0.25, 0.3) is 0 Å². The summed E-state index contributed by atoms with van der Waals surface area (Å²) in [5.74, 6) is -2.57. The van der Waals surface area contributed by atoms with Crippen molar-refractivity contribution >= 4 is 17.9 Å². The van der Waals surface area contributed by atoms with Crippen LogP contribution in [0.5, 0.6) is 11.5 Å². The average Bonchev–Trinajstić information content (AvgIpc) is 2.66. The van der Waals surface area contributed by atoms with Crippen molar-refractivity contribution < 1.29 is 37.7 Å². The molecule has 0 unspecified atom stereocenters. The van der Waals surface area contributed by atoms with E-state index >= 15 is 0 Å². The Hall–Kier alpha value is -3.42. The van der Waals surface area contributed by atoms with E-state index in [-0.39, 0.29) is 35.8 Å². The summed E-state index contributed by atoms with van der Waals surface area (Å²) in [5.41, 5.74) is 0.0579. The van der Waals surface area contributed by atoms with E-state index in [9.17, 15) is 18.8 Å². The lowest BCUT2D eigenvalue weighted by Crippen LogP contribution is -2.18. The number of carbonyl (C=O) groups is 3. The fraction of sp³-hybridized carbons (Fsp3) is 0.250. The standard InChI is InChI=1S/C20H19FO7/c1-3-25-19(23)13-8-14(20(24)26-4-2)10-17(9-13)28-18(22)12-27-16-7-5-6-15(21)11-16/h5-11H,3-4,12H2,1-2H3. The summed E-state index contributed by atoms with van der Waals surface area (Å²) in [5, 5.41) is 0. The van der Waals surface area contributed by atoms with Gasteiger partial charge < -0.3 is 18.9 Å². The van der Waals surface area contributed by atoms with Crippen molar-refractivity contribution in [3.63, 3.8) is 0 Å². The summed E-state index contributed by atoms with van der Waals surface area (Å²) in [4.78, 5) is 36.0. The molecule has 0 N–H and O–H groups in total.